The summed E-state index contributed by atoms with van der Waals surface area (Å²) in [5, 5.41) is 7.40. The number of carbonyl (C=O) groups is 1. The molecule has 2 saturated carbocycles. The minimum Gasteiger partial charge on any atom is -0.353 e. The molecule has 7 nitrogen and oxygen atoms in total. The highest BCUT2D eigenvalue weighted by Crippen LogP contribution is 2.49. The number of aromatic nitrogens is 2. The van der Waals surface area contributed by atoms with Gasteiger partial charge in [0.2, 0.25) is 15.9 Å². The fourth-order valence-corrected chi connectivity index (χ4v) is 7.35. The number of nitrogens with one attached hydrogen (secondary N) is 1. The summed E-state index contributed by atoms with van der Waals surface area (Å²) in [5.41, 5.74) is 0.516. The third-order valence-electron chi connectivity index (χ3n) is 7.22. The zero-order chi connectivity index (χ0) is 20.1. The fourth-order valence-electron chi connectivity index (χ4n) is 5.68. The molecule has 2 heterocycles. The quantitative estimate of drug-likeness (QED) is 0.808. The van der Waals surface area contributed by atoms with Crippen LogP contribution in [-0.4, -0.2) is 47.5 Å². The number of amides is 1. The maximum atomic E-state index is 12.9. The number of nitrogens with zero attached hydrogens (tertiary/aromatic N) is 3. The number of piperidine rings is 1. The number of aryl methyl sites for hydroxylation is 2. The molecular formula is C20H32N4O3S. The van der Waals surface area contributed by atoms with Gasteiger partial charge in [-0.05, 0) is 63.7 Å². The first-order valence-corrected chi connectivity index (χ1v) is 12.0. The van der Waals surface area contributed by atoms with Gasteiger partial charge in [0.05, 0.1) is 5.69 Å². The molecule has 2 aliphatic carbocycles. The van der Waals surface area contributed by atoms with Crippen LogP contribution in [0.2, 0.25) is 0 Å². The van der Waals surface area contributed by atoms with Gasteiger partial charge in [-0.3, -0.25) is 9.48 Å². The second-order valence-electron chi connectivity index (χ2n) is 9.07. The monoisotopic (exact) mass is 408 g/mol. The van der Waals surface area contributed by atoms with E-state index in [-0.39, 0.29) is 22.8 Å². The van der Waals surface area contributed by atoms with Crippen LogP contribution < -0.4 is 5.32 Å². The molecule has 8 heteroatoms. The van der Waals surface area contributed by atoms with E-state index in [1.54, 1.807) is 20.2 Å². The summed E-state index contributed by atoms with van der Waals surface area (Å²) >= 11 is 0. The zero-order valence-electron chi connectivity index (χ0n) is 17.1. The van der Waals surface area contributed by atoms with E-state index in [2.05, 4.69) is 17.3 Å². The van der Waals surface area contributed by atoms with Crippen LogP contribution in [0.3, 0.4) is 0 Å². The van der Waals surface area contributed by atoms with Gasteiger partial charge in [0, 0.05) is 38.3 Å². The maximum absolute atomic E-state index is 12.9. The van der Waals surface area contributed by atoms with Gasteiger partial charge in [-0.15, -0.1) is 0 Å². The van der Waals surface area contributed by atoms with Gasteiger partial charge in [0.25, 0.3) is 0 Å². The predicted octanol–water partition coefficient (Wildman–Crippen LogP) is 2.07. The van der Waals surface area contributed by atoms with E-state index >= 15 is 0 Å². The summed E-state index contributed by atoms with van der Waals surface area (Å²) in [7, 11) is -1.82. The normalized spacial score (nSPS) is 29.9. The van der Waals surface area contributed by atoms with E-state index < -0.39 is 10.0 Å². The molecule has 1 amide bonds. The Morgan fingerprint density at radius 3 is 2.46 bits per heavy atom. The van der Waals surface area contributed by atoms with Crippen LogP contribution >= 0.6 is 0 Å². The van der Waals surface area contributed by atoms with Crippen LogP contribution in [0.15, 0.2) is 11.1 Å². The number of rotatable bonds is 5. The lowest BCUT2D eigenvalue weighted by molar-refractivity contribution is -0.127. The van der Waals surface area contributed by atoms with E-state index in [1.165, 1.54) is 34.7 Å². The molecule has 1 saturated heterocycles. The second-order valence-corrected chi connectivity index (χ2v) is 11.0. The molecule has 4 atom stereocenters. The average Bonchev–Trinajstić information content (AvgIpc) is 3.37. The number of sulfonamides is 1. The molecule has 156 valence electrons. The molecule has 3 fully saturated rings. The molecule has 0 aromatic carbocycles. The summed E-state index contributed by atoms with van der Waals surface area (Å²) in [6.07, 6.45) is 8.00. The van der Waals surface area contributed by atoms with Gasteiger partial charge in [-0.1, -0.05) is 6.42 Å². The first-order chi connectivity index (χ1) is 13.3. The van der Waals surface area contributed by atoms with Crippen molar-refractivity contribution < 1.29 is 13.2 Å². The van der Waals surface area contributed by atoms with Crippen molar-refractivity contribution in [3.8, 4) is 0 Å². The summed E-state index contributed by atoms with van der Waals surface area (Å²) in [5.74, 6) is 2.29. The Kier molecular flexibility index (Phi) is 5.29. The molecule has 1 N–H and O–H groups in total. The summed E-state index contributed by atoms with van der Waals surface area (Å²) in [4.78, 5) is 13.0. The molecule has 0 unspecified atom stereocenters. The summed E-state index contributed by atoms with van der Waals surface area (Å²) < 4.78 is 28.8. The van der Waals surface area contributed by atoms with E-state index in [4.69, 9.17) is 0 Å². The van der Waals surface area contributed by atoms with E-state index in [1.807, 2.05) is 0 Å². The Labute approximate surface area is 167 Å². The molecule has 1 aromatic heterocycles. The lowest BCUT2D eigenvalue weighted by Gasteiger charge is -2.33. The molecule has 0 radical (unpaired) electrons. The third kappa shape index (κ3) is 3.61. The van der Waals surface area contributed by atoms with Crippen molar-refractivity contribution in [1.29, 1.82) is 0 Å². The van der Waals surface area contributed by atoms with Crippen LogP contribution in [0.4, 0.5) is 0 Å². The van der Waals surface area contributed by atoms with Gasteiger partial charge < -0.3 is 5.32 Å². The van der Waals surface area contributed by atoms with Crippen molar-refractivity contribution in [2.75, 3.05) is 13.1 Å². The Bertz CT molecular complexity index is 842. The van der Waals surface area contributed by atoms with E-state index in [0.717, 1.165) is 11.8 Å². The summed E-state index contributed by atoms with van der Waals surface area (Å²) in [6, 6.07) is 0.225. The van der Waals surface area contributed by atoms with Crippen LogP contribution in [0.25, 0.3) is 0 Å². The predicted molar refractivity (Wildman–Crippen MR) is 106 cm³/mol. The Morgan fingerprint density at radius 2 is 1.93 bits per heavy atom. The first-order valence-electron chi connectivity index (χ1n) is 10.6. The highest BCUT2D eigenvalue weighted by Gasteiger charge is 2.42. The molecule has 0 spiro atoms. The molecule has 1 aromatic rings. The van der Waals surface area contributed by atoms with Crippen molar-refractivity contribution in [1.82, 2.24) is 19.4 Å². The standard InChI is InChI=1S/C20H32N4O3S/c1-13(18-11-15-4-5-17(18)10-15)21-20(25)16-6-8-24(9-7-16)28(26,27)19-12-23(3)22-14(19)2/h12-13,15-18H,4-11H2,1-3H3,(H,21,25)/t13-,15-,17-,18+/m0/s1. The number of hydrogen-bond acceptors (Lipinski definition) is 4. The van der Waals surface area contributed by atoms with Crippen molar-refractivity contribution in [3.63, 3.8) is 0 Å². The lowest BCUT2D eigenvalue weighted by Crippen LogP contribution is -2.47. The van der Waals surface area contributed by atoms with Crippen molar-refractivity contribution in [2.24, 2.45) is 30.7 Å². The largest absolute Gasteiger partial charge is 0.353 e. The van der Waals surface area contributed by atoms with Crippen LogP contribution in [-0.2, 0) is 21.9 Å². The Morgan fingerprint density at radius 1 is 1.21 bits per heavy atom. The van der Waals surface area contributed by atoms with Gasteiger partial charge in [0.1, 0.15) is 4.90 Å². The number of hydrogen-bond donors (Lipinski definition) is 1. The Balaban J connectivity index is 1.32. The zero-order valence-corrected chi connectivity index (χ0v) is 17.9. The molecule has 3 aliphatic rings. The topological polar surface area (TPSA) is 84.3 Å². The second kappa shape index (κ2) is 7.44. The van der Waals surface area contributed by atoms with E-state index in [9.17, 15) is 13.2 Å². The van der Waals surface area contributed by atoms with Crippen molar-refractivity contribution in [2.45, 2.75) is 63.3 Å². The van der Waals surface area contributed by atoms with E-state index in [0.29, 0.717) is 37.5 Å². The first kappa shape index (κ1) is 19.9. The Hall–Kier alpha value is -1.41. The van der Waals surface area contributed by atoms with Crippen LogP contribution in [0, 0.1) is 30.6 Å². The summed E-state index contributed by atoms with van der Waals surface area (Å²) in [6.45, 7) is 4.63. The molecule has 4 rings (SSSR count). The van der Waals surface area contributed by atoms with Gasteiger partial charge in [-0.2, -0.15) is 9.40 Å². The van der Waals surface area contributed by atoms with Crippen molar-refractivity contribution in [3.05, 3.63) is 11.9 Å². The average molecular weight is 409 g/mol. The smallest absolute Gasteiger partial charge is 0.246 e. The van der Waals surface area contributed by atoms with Gasteiger partial charge >= 0.3 is 0 Å². The maximum Gasteiger partial charge on any atom is 0.246 e. The van der Waals surface area contributed by atoms with Crippen LogP contribution in [0.1, 0.15) is 51.1 Å². The number of carbonyl (C=O) groups excluding carboxylic acids is 1. The third-order valence-corrected chi connectivity index (χ3v) is 9.22. The minimum absolute atomic E-state index is 0.0949. The SMILES string of the molecule is Cc1nn(C)cc1S(=O)(=O)N1CCC(C(=O)N[C@@H](C)[C@H]2C[C@H]3CC[C@H]2C3)CC1. The minimum atomic E-state index is -3.54. The van der Waals surface area contributed by atoms with Gasteiger partial charge in [-0.25, -0.2) is 8.42 Å². The van der Waals surface area contributed by atoms with Crippen LogP contribution in [0.5, 0.6) is 0 Å². The van der Waals surface area contributed by atoms with Crippen molar-refractivity contribution >= 4 is 15.9 Å². The molecule has 2 bridgehead atoms. The number of fused-ring (bicyclic) bond motifs is 2. The highest BCUT2D eigenvalue weighted by molar-refractivity contribution is 7.89. The molecule has 1 aliphatic heterocycles. The lowest BCUT2D eigenvalue weighted by atomic mass is 9.83. The van der Waals surface area contributed by atoms with Gasteiger partial charge in [0.15, 0.2) is 0 Å². The molecule has 28 heavy (non-hydrogen) atoms. The molecular weight excluding hydrogens is 376 g/mol. The fraction of sp³-hybridized carbons (Fsp3) is 0.800. The highest BCUT2D eigenvalue weighted by atomic mass is 32.2.